The Morgan fingerprint density at radius 2 is 1.71 bits per heavy atom. The molecule has 0 aliphatic carbocycles. The predicted octanol–water partition coefficient (Wildman–Crippen LogP) is 0.493. The summed E-state index contributed by atoms with van der Waals surface area (Å²) in [6.45, 7) is -0.480. The lowest BCUT2D eigenvalue weighted by Crippen LogP contribution is -2.29. The molecule has 0 bridgehead atoms. The second kappa shape index (κ2) is 6.03. The maximum absolute atomic E-state index is 9.35. The highest BCUT2D eigenvalue weighted by atomic mass is 32.2. The Labute approximate surface area is 87.4 Å². The first-order valence-electron chi connectivity index (χ1n) is 4.39. The van der Waals surface area contributed by atoms with Crippen molar-refractivity contribution in [3.63, 3.8) is 0 Å². The van der Waals surface area contributed by atoms with Crippen LogP contribution in [0.15, 0.2) is 35.2 Å². The number of aliphatic hydroxyl groups is 3. The lowest BCUT2D eigenvalue weighted by atomic mass is 10.3. The van der Waals surface area contributed by atoms with E-state index in [1.54, 1.807) is 0 Å². The molecule has 2 atom stereocenters. The molecule has 4 heteroatoms. The van der Waals surface area contributed by atoms with Crippen molar-refractivity contribution in [2.45, 2.75) is 16.2 Å². The Balaban J connectivity index is 2.57. The van der Waals surface area contributed by atoms with E-state index < -0.39 is 6.10 Å². The Bertz CT molecular complexity index is 253. The first kappa shape index (κ1) is 11.5. The summed E-state index contributed by atoms with van der Waals surface area (Å²) in [6, 6.07) is 9.49. The van der Waals surface area contributed by atoms with Crippen LogP contribution in [0.4, 0.5) is 0 Å². The molecular weight excluding hydrogens is 200 g/mol. The van der Waals surface area contributed by atoms with Crippen molar-refractivity contribution in [2.75, 3.05) is 13.2 Å². The third kappa shape index (κ3) is 3.31. The zero-order chi connectivity index (χ0) is 10.4. The van der Waals surface area contributed by atoms with Gasteiger partial charge in [-0.2, -0.15) is 0 Å². The second-order valence-corrected chi connectivity index (χ2v) is 4.21. The number of hydrogen-bond acceptors (Lipinski definition) is 4. The van der Waals surface area contributed by atoms with E-state index in [1.807, 2.05) is 30.3 Å². The van der Waals surface area contributed by atoms with Crippen molar-refractivity contribution >= 4 is 11.8 Å². The quantitative estimate of drug-likeness (QED) is 0.624. The number of rotatable bonds is 5. The molecule has 0 fully saturated rings. The molecule has 0 spiro atoms. The predicted molar refractivity (Wildman–Crippen MR) is 56.3 cm³/mol. The van der Waals surface area contributed by atoms with Gasteiger partial charge in [-0.3, -0.25) is 0 Å². The van der Waals surface area contributed by atoms with Crippen LogP contribution < -0.4 is 0 Å². The van der Waals surface area contributed by atoms with Crippen LogP contribution in [0.25, 0.3) is 0 Å². The van der Waals surface area contributed by atoms with Gasteiger partial charge in [0.1, 0.15) is 0 Å². The van der Waals surface area contributed by atoms with E-state index in [4.69, 9.17) is 10.2 Å². The van der Waals surface area contributed by atoms with Crippen molar-refractivity contribution in [2.24, 2.45) is 0 Å². The lowest BCUT2D eigenvalue weighted by molar-refractivity contribution is 0.0776. The van der Waals surface area contributed by atoms with Crippen molar-refractivity contribution in [1.29, 1.82) is 0 Å². The fourth-order valence-corrected chi connectivity index (χ4v) is 2.01. The molecule has 0 aliphatic rings. The van der Waals surface area contributed by atoms with Crippen LogP contribution in [0.1, 0.15) is 0 Å². The molecule has 0 aliphatic heterocycles. The van der Waals surface area contributed by atoms with Crippen molar-refractivity contribution in [3.8, 4) is 0 Å². The van der Waals surface area contributed by atoms with E-state index in [0.29, 0.717) is 0 Å². The monoisotopic (exact) mass is 214 g/mol. The minimum Gasteiger partial charge on any atom is -0.395 e. The molecule has 3 N–H and O–H groups in total. The van der Waals surface area contributed by atoms with Crippen LogP contribution in [0.3, 0.4) is 0 Å². The maximum Gasteiger partial charge on any atom is 0.0914 e. The van der Waals surface area contributed by atoms with E-state index in [1.165, 1.54) is 11.8 Å². The summed E-state index contributed by atoms with van der Waals surface area (Å²) in [5.74, 6) is 0. The molecule has 14 heavy (non-hydrogen) atoms. The van der Waals surface area contributed by atoms with Gasteiger partial charge in [0.25, 0.3) is 0 Å². The Morgan fingerprint density at radius 1 is 1.07 bits per heavy atom. The molecule has 0 radical (unpaired) electrons. The van der Waals surface area contributed by atoms with Crippen molar-refractivity contribution in [3.05, 3.63) is 30.3 Å². The molecule has 0 heterocycles. The highest BCUT2D eigenvalue weighted by molar-refractivity contribution is 8.00. The summed E-state index contributed by atoms with van der Waals surface area (Å²) in [7, 11) is 0. The first-order chi connectivity index (χ1) is 6.77. The summed E-state index contributed by atoms with van der Waals surface area (Å²) >= 11 is 1.36. The van der Waals surface area contributed by atoms with Gasteiger partial charge in [-0.05, 0) is 12.1 Å². The fourth-order valence-electron chi connectivity index (χ4n) is 1.03. The topological polar surface area (TPSA) is 60.7 Å². The van der Waals surface area contributed by atoms with Gasteiger partial charge in [0.2, 0.25) is 0 Å². The Kier molecular flexibility index (Phi) is 4.97. The molecular formula is C10H14O3S. The summed E-state index contributed by atoms with van der Waals surface area (Å²) in [5.41, 5.74) is 0. The van der Waals surface area contributed by atoms with Gasteiger partial charge in [-0.25, -0.2) is 0 Å². The highest BCUT2D eigenvalue weighted by Gasteiger charge is 2.18. The van der Waals surface area contributed by atoms with Crippen LogP contribution in [-0.4, -0.2) is 39.9 Å². The van der Waals surface area contributed by atoms with Crippen LogP contribution in [0, 0.1) is 0 Å². The molecule has 0 saturated heterocycles. The van der Waals surface area contributed by atoms with Crippen LogP contribution in [-0.2, 0) is 0 Å². The van der Waals surface area contributed by atoms with Gasteiger partial charge in [0, 0.05) is 4.90 Å². The number of benzene rings is 1. The van der Waals surface area contributed by atoms with E-state index in [0.717, 1.165) is 4.90 Å². The fraction of sp³-hybridized carbons (Fsp3) is 0.400. The molecule has 3 nitrogen and oxygen atoms in total. The van der Waals surface area contributed by atoms with Crippen LogP contribution in [0.5, 0.6) is 0 Å². The smallest absolute Gasteiger partial charge is 0.0914 e. The zero-order valence-corrected chi connectivity index (χ0v) is 8.52. The van der Waals surface area contributed by atoms with Gasteiger partial charge in [-0.15, -0.1) is 11.8 Å². The SMILES string of the molecule is OC[C@H](Sc1ccccc1)[C@@H](O)CO. The number of aliphatic hydroxyl groups excluding tert-OH is 3. The summed E-state index contributed by atoms with van der Waals surface area (Å²) < 4.78 is 0. The average Bonchev–Trinajstić information content (AvgIpc) is 2.26. The van der Waals surface area contributed by atoms with E-state index in [2.05, 4.69) is 0 Å². The largest absolute Gasteiger partial charge is 0.395 e. The number of hydrogen-bond donors (Lipinski definition) is 3. The van der Waals surface area contributed by atoms with Gasteiger partial charge in [0.15, 0.2) is 0 Å². The van der Waals surface area contributed by atoms with Crippen LogP contribution >= 0.6 is 11.8 Å². The molecule has 0 amide bonds. The maximum atomic E-state index is 9.35. The van der Waals surface area contributed by atoms with E-state index >= 15 is 0 Å². The Morgan fingerprint density at radius 3 is 2.21 bits per heavy atom. The molecule has 78 valence electrons. The average molecular weight is 214 g/mol. The third-order valence-corrected chi connectivity index (χ3v) is 3.14. The molecule has 0 aromatic heterocycles. The minimum absolute atomic E-state index is 0.152. The summed E-state index contributed by atoms with van der Waals surface area (Å²) in [6.07, 6.45) is -0.884. The molecule has 1 aromatic carbocycles. The first-order valence-corrected chi connectivity index (χ1v) is 5.27. The van der Waals surface area contributed by atoms with Gasteiger partial charge >= 0.3 is 0 Å². The van der Waals surface area contributed by atoms with Crippen molar-refractivity contribution in [1.82, 2.24) is 0 Å². The highest BCUT2D eigenvalue weighted by Crippen LogP contribution is 2.24. The van der Waals surface area contributed by atoms with Gasteiger partial charge < -0.3 is 15.3 Å². The van der Waals surface area contributed by atoms with Gasteiger partial charge in [0.05, 0.1) is 24.6 Å². The zero-order valence-electron chi connectivity index (χ0n) is 7.71. The Hall–Kier alpha value is -0.550. The van der Waals surface area contributed by atoms with Gasteiger partial charge in [-0.1, -0.05) is 18.2 Å². The summed E-state index contributed by atoms with van der Waals surface area (Å²) in [5, 5.41) is 26.7. The molecule has 0 unspecified atom stereocenters. The van der Waals surface area contributed by atoms with Crippen LogP contribution in [0.2, 0.25) is 0 Å². The molecule has 1 aromatic rings. The third-order valence-electron chi connectivity index (χ3n) is 1.83. The van der Waals surface area contributed by atoms with E-state index in [-0.39, 0.29) is 18.5 Å². The summed E-state index contributed by atoms with van der Waals surface area (Å²) in [4.78, 5) is 0.971. The molecule has 0 saturated carbocycles. The lowest BCUT2D eigenvalue weighted by Gasteiger charge is -2.18. The standard InChI is InChI=1S/C10H14O3S/c11-6-9(13)10(7-12)14-8-4-2-1-3-5-8/h1-5,9-13H,6-7H2/t9-,10-/m0/s1. The van der Waals surface area contributed by atoms with Crippen molar-refractivity contribution < 1.29 is 15.3 Å². The minimum atomic E-state index is -0.884. The van der Waals surface area contributed by atoms with E-state index in [9.17, 15) is 5.11 Å². The second-order valence-electron chi connectivity index (χ2n) is 2.90. The number of thioether (sulfide) groups is 1. The molecule has 1 rings (SSSR count). The normalized spacial score (nSPS) is 15.1.